The highest BCUT2D eigenvalue weighted by Gasteiger charge is 2.49. The first-order valence-corrected chi connectivity index (χ1v) is 7.92. The second kappa shape index (κ2) is 5.23. The van der Waals surface area contributed by atoms with Crippen molar-refractivity contribution >= 4 is 17.5 Å². The maximum absolute atomic E-state index is 13.0. The number of benzene rings is 2. The van der Waals surface area contributed by atoms with Crippen LogP contribution in [0.4, 0.5) is 5.69 Å². The fraction of sp³-hybridized carbons (Fsp3) is 0.263. The van der Waals surface area contributed by atoms with Gasteiger partial charge in [-0.2, -0.15) is 0 Å². The van der Waals surface area contributed by atoms with Crippen molar-refractivity contribution < 1.29 is 9.59 Å². The van der Waals surface area contributed by atoms with E-state index in [2.05, 4.69) is 12.1 Å². The van der Waals surface area contributed by atoms with Gasteiger partial charge >= 0.3 is 0 Å². The fourth-order valence-corrected chi connectivity index (χ4v) is 3.60. The van der Waals surface area contributed by atoms with Gasteiger partial charge in [-0.15, -0.1) is 0 Å². The Morgan fingerprint density at radius 1 is 1.00 bits per heavy atom. The molecule has 4 heteroatoms. The lowest BCUT2D eigenvalue weighted by Crippen LogP contribution is -2.46. The molecule has 4 rings (SSSR count). The van der Waals surface area contributed by atoms with Crippen LogP contribution in [0.3, 0.4) is 0 Å². The number of hydrogen-bond acceptors (Lipinski definition) is 2. The van der Waals surface area contributed by atoms with E-state index in [0.717, 1.165) is 17.7 Å². The molecule has 2 aromatic carbocycles. The van der Waals surface area contributed by atoms with Crippen LogP contribution in [0.1, 0.15) is 23.5 Å². The van der Waals surface area contributed by atoms with Crippen LogP contribution >= 0.6 is 0 Å². The van der Waals surface area contributed by atoms with Crippen LogP contribution in [0.15, 0.2) is 54.6 Å². The lowest BCUT2D eigenvalue weighted by molar-refractivity contribution is -0.125. The molecule has 2 aromatic rings. The molecule has 1 heterocycles. The number of primary amides is 1. The number of nitrogens with two attached hydrogens (primary N) is 1. The lowest BCUT2D eigenvalue weighted by atomic mass is 10.1. The molecule has 1 fully saturated rings. The minimum absolute atomic E-state index is 0.0209. The van der Waals surface area contributed by atoms with Crippen LogP contribution in [0.2, 0.25) is 0 Å². The van der Waals surface area contributed by atoms with E-state index >= 15 is 0 Å². The monoisotopic (exact) mass is 306 g/mol. The van der Waals surface area contributed by atoms with Crippen molar-refractivity contribution in [1.29, 1.82) is 0 Å². The number of amides is 2. The van der Waals surface area contributed by atoms with Gasteiger partial charge < -0.3 is 5.73 Å². The van der Waals surface area contributed by atoms with Crippen LogP contribution < -0.4 is 10.6 Å². The molecule has 0 radical (unpaired) electrons. The molecule has 0 saturated heterocycles. The third-order valence-corrected chi connectivity index (χ3v) is 4.88. The largest absolute Gasteiger partial charge is 0.368 e. The first-order valence-electron chi connectivity index (χ1n) is 7.92. The van der Waals surface area contributed by atoms with Crippen molar-refractivity contribution in [1.82, 2.24) is 0 Å². The van der Waals surface area contributed by atoms with Gasteiger partial charge in [0.15, 0.2) is 0 Å². The van der Waals surface area contributed by atoms with Crippen LogP contribution in [0.25, 0.3) is 0 Å². The van der Waals surface area contributed by atoms with Gasteiger partial charge in [0.25, 0.3) is 0 Å². The molecule has 4 nitrogen and oxygen atoms in total. The second-order valence-corrected chi connectivity index (χ2v) is 6.32. The summed E-state index contributed by atoms with van der Waals surface area (Å²) in [5.41, 5.74) is 8.58. The molecule has 2 aliphatic rings. The minimum atomic E-state index is -0.558. The topological polar surface area (TPSA) is 63.4 Å². The van der Waals surface area contributed by atoms with Crippen molar-refractivity contribution in [3.8, 4) is 0 Å². The third kappa shape index (κ3) is 2.31. The Morgan fingerprint density at radius 3 is 2.43 bits per heavy atom. The lowest BCUT2D eigenvalue weighted by Gasteiger charge is -2.23. The van der Waals surface area contributed by atoms with Gasteiger partial charge in [-0.25, -0.2) is 0 Å². The normalized spacial score (nSPS) is 25.0. The molecule has 1 saturated carbocycles. The minimum Gasteiger partial charge on any atom is -0.368 e. The van der Waals surface area contributed by atoms with Gasteiger partial charge in [0.1, 0.15) is 6.04 Å². The summed E-state index contributed by atoms with van der Waals surface area (Å²) in [6.45, 7) is 0. The first-order chi connectivity index (χ1) is 11.2. The molecular weight excluding hydrogens is 288 g/mol. The number of rotatable bonds is 3. The Hall–Kier alpha value is -2.62. The Bertz CT molecular complexity index is 772. The molecular formula is C19H18N2O2. The van der Waals surface area contributed by atoms with E-state index in [0.29, 0.717) is 6.42 Å². The van der Waals surface area contributed by atoms with E-state index in [1.54, 1.807) is 4.90 Å². The van der Waals surface area contributed by atoms with E-state index in [4.69, 9.17) is 5.73 Å². The molecule has 0 unspecified atom stereocenters. The maximum Gasteiger partial charge on any atom is 0.240 e. The van der Waals surface area contributed by atoms with Gasteiger partial charge in [-0.3, -0.25) is 14.5 Å². The van der Waals surface area contributed by atoms with E-state index in [1.165, 1.54) is 5.56 Å². The van der Waals surface area contributed by atoms with E-state index in [-0.39, 0.29) is 17.7 Å². The predicted molar refractivity (Wildman–Crippen MR) is 87.9 cm³/mol. The molecule has 1 aliphatic heterocycles. The van der Waals surface area contributed by atoms with Crippen molar-refractivity contribution in [3.05, 3.63) is 65.7 Å². The SMILES string of the molecule is NC(=O)[C@@H]1Cc2ccccc2N1C(=O)[C@H]1C[C@H]1c1ccccc1. The zero-order chi connectivity index (χ0) is 16.0. The number of carbonyl (C=O) groups is 2. The zero-order valence-corrected chi connectivity index (χ0v) is 12.7. The summed E-state index contributed by atoms with van der Waals surface area (Å²) in [6, 6.07) is 17.2. The van der Waals surface area contributed by atoms with Crippen molar-refractivity contribution in [2.24, 2.45) is 11.7 Å². The summed E-state index contributed by atoms with van der Waals surface area (Å²) in [5.74, 6) is -0.213. The summed E-state index contributed by atoms with van der Waals surface area (Å²) in [7, 11) is 0. The molecule has 3 atom stereocenters. The predicted octanol–water partition coefficient (Wildman–Crippen LogP) is 2.23. The number of para-hydroxylation sites is 1. The average Bonchev–Trinajstić information content (AvgIpc) is 3.28. The Labute approximate surface area is 134 Å². The first kappa shape index (κ1) is 14.0. The van der Waals surface area contributed by atoms with E-state index < -0.39 is 11.9 Å². The molecule has 0 bridgehead atoms. The summed E-state index contributed by atoms with van der Waals surface area (Å²) in [4.78, 5) is 26.4. The van der Waals surface area contributed by atoms with Gasteiger partial charge in [0.05, 0.1) is 0 Å². The quantitative estimate of drug-likeness (QED) is 0.945. The Balaban J connectivity index is 1.61. The highest BCUT2D eigenvalue weighted by molar-refractivity contribution is 6.05. The van der Waals surface area contributed by atoms with Crippen molar-refractivity contribution in [2.75, 3.05) is 4.90 Å². The van der Waals surface area contributed by atoms with Crippen LogP contribution in [0, 0.1) is 5.92 Å². The smallest absolute Gasteiger partial charge is 0.240 e. The molecule has 0 spiro atoms. The Morgan fingerprint density at radius 2 is 1.70 bits per heavy atom. The molecule has 116 valence electrons. The molecule has 2 N–H and O–H groups in total. The Kier molecular flexibility index (Phi) is 3.18. The molecule has 1 aliphatic carbocycles. The van der Waals surface area contributed by atoms with Gasteiger partial charge in [-0.05, 0) is 29.5 Å². The standard InChI is InChI=1S/C19H18N2O2/c20-18(22)17-10-13-8-4-5-9-16(13)21(17)19(23)15-11-14(15)12-6-2-1-3-7-12/h1-9,14-15,17H,10-11H2,(H2,20,22)/t14-,15-,17-/m0/s1. The number of carbonyl (C=O) groups excluding carboxylic acids is 2. The third-order valence-electron chi connectivity index (χ3n) is 4.88. The number of nitrogens with zero attached hydrogens (tertiary/aromatic N) is 1. The van der Waals surface area contributed by atoms with E-state index in [9.17, 15) is 9.59 Å². The number of anilines is 1. The highest BCUT2D eigenvalue weighted by atomic mass is 16.2. The maximum atomic E-state index is 13.0. The van der Waals surface area contributed by atoms with E-state index in [1.807, 2.05) is 42.5 Å². The summed E-state index contributed by atoms with van der Waals surface area (Å²) in [6.07, 6.45) is 1.35. The van der Waals surface area contributed by atoms with Crippen LogP contribution in [-0.2, 0) is 16.0 Å². The second-order valence-electron chi connectivity index (χ2n) is 6.32. The van der Waals surface area contributed by atoms with Crippen molar-refractivity contribution in [3.63, 3.8) is 0 Å². The number of hydrogen-bond donors (Lipinski definition) is 1. The average molecular weight is 306 g/mol. The van der Waals surface area contributed by atoms with Gasteiger partial charge in [0, 0.05) is 18.0 Å². The summed E-state index contributed by atoms with van der Waals surface area (Å²) < 4.78 is 0. The van der Waals surface area contributed by atoms with Gasteiger partial charge in [0.2, 0.25) is 11.8 Å². The fourth-order valence-electron chi connectivity index (χ4n) is 3.60. The number of fused-ring (bicyclic) bond motifs is 1. The molecule has 23 heavy (non-hydrogen) atoms. The van der Waals surface area contributed by atoms with Crippen molar-refractivity contribution in [2.45, 2.75) is 24.8 Å². The molecule has 2 amide bonds. The zero-order valence-electron chi connectivity index (χ0n) is 12.7. The summed E-state index contributed by atoms with van der Waals surface area (Å²) in [5, 5.41) is 0. The highest BCUT2D eigenvalue weighted by Crippen LogP contribution is 2.50. The van der Waals surface area contributed by atoms with Gasteiger partial charge in [-0.1, -0.05) is 48.5 Å². The van der Waals surface area contributed by atoms with Crippen LogP contribution in [-0.4, -0.2) is 17.9 Å². The summed E-state index contributed by atoms with van der Waals surface area (Å²) >= 11 is 0. The van der Waals surface area contributed by atoms with Crippen LogP contribution in [0.5, 0.6) is 0 Å². The molecule has 0 aromatic heterocycles.